The fraction of sp³-hybridized carbons (Fsp3) is 0.125. The molecule has 0 bridgehead atoms. The SMILES string of the molecule is O=CN(C(=O)Nc1cccc(Cl)c1)c1ccc2c(c1)NCCN2. The number of imide groups is 1. The molecular weight excluding hydrogens is 316 g/mol. The topological polar surface area (TPSA) is 73.5 Å². The molecule has 3 amide bonds. The van der Waals surface area contributed by atoms with Gasteiger partial charge in [-0.2, -0.15) is 0 Å². The van der Waals surface area contributed by atoms with Gasteiger partial charge in [0.25, 0.3) is 0 Å². The molecule has 1 aliphatic rings. The van der Waals surface area contributed by atoms with Gasteiger partial charge in [0.15, 0.2) is 0 Å². The van der Waals surface area contributed by atoms with Crippen LogP contribution in [-0.4, -0.2) is 25.5 Å². The first-order valence-electron chi connectivity index (χ1n) is 7.10. The van der Waals surface area contributed by atoms with Crippen LogP contribution in [0.25, 0.3) is 0 Å². The third kappa shape index (κ3) is 3.37. The van der Waals surface area contributed by atoms with Crippen LogP contribution < -0.4 is 20.9 Å². The van der Waals surface area contributed by atoms with Gasteiger partial charge in [0.2, 0.25) is 6.41 Å². The highest BCUT2D eigenvalue weighted by atomic mass is 35.5. The summed E-state index contributed by atoms with van der Waals surface area (Å²) in [6, 6.07) is 11.5. The number of hydrogen-bond acceptors (Lipinski definition) is 4. The minimum atomic E-state index is -0.550. The van der Waals surface area contributed by atoms with Crippen LogP contribution in [0.5, 0.6) is 0 Å². The second-order valence-electron chi connectivity index (χ2n) is 5.00. The zero-order valence-electron chi connectivity index (χ0n) is 12.2. The molecule has 0 aromatic heterocycles. The first kappa shape index (κ1) is 15.2. The van der Waals surface area contributed by atoms with Crippen molar-refractivity contribution in [2.24, 2.45) is 0 Å². The molecule has 7 heteroatoms. The summed E-state index contributed by atoms with van der Waals surface area (Å²) in [5.74, 6) is 0. The largest absolute Gasteiger partial charge is 0.382 e. The number of urea groups is 1. The van der Waals surface area contributed by atoms with E-state index in [0.29, 0.717) is 22.8 Å². The zero-order valence-corrected chi connectivity index (χ0v) is 12.9. The first-order valence-corrected chi connectivity index (χ1v) is 7.48. The van der Waals surface area contributed by atoms with E-state index in [1.54, 1.807) is 36.4 Å². The van der Waals surface area contributed by atoms with Crippen molar-refractivity contribution in [2.75, 3.05) is 33.9 Å². The van der Waals surface area contributed by atoms with Crippen molar-refractivity contribution in [3.05, 3.63) is 47.5 Å². The molecule has 118 valence electrons. The molecule has 1 heterocycles. The summed E-state index contributed by atoms with van der Waals surface area (Å²) in [7, 11) is 0. The fourth-order valence-electron chi connectivity index (χ4n) is 2.35. The average molecular weight is 331 g/mol. The van der Waals surface area contributed by atoms with E-state index in [9.17, 15) is 9.59 Å². The summed E-state index contributed by atoms with van der Waals surface area (Å²) in [5.41, 5.74) is 2.80. The van der Waals surface area contributed by atoms with Crippen molar-refractivity contribution in [3.8, 4) is 0 Å². The Hall–Kier alpha value is -2.73. The highest BCUT2D eigenvalue weighted by molar-refractivity contribution is 6.31. The molecular formula is C16H15ClN4O2. The molecule has 0 saturated carbocycles. The van der Waals surface area contributed by atoms with E-state index in [4.69, 9.17) is 11.6 Å². The Morgan fingerprint density at radius 1 is 1.13 bits per heavy atom. The zero-order chi connectivity index (χ0) is 16.2. The van der Waals surface area contributed by atoms with Crippen LogP contribution in [0, 0.1) is 0 Å². The number of anilines is 4. The van der Waals surface area contributed by atoms with E-state index in [1.807, 2.05) is 6.07 Å². The Morgan fingerprint density at radius 2 is 1.91 bits per heavy atom. The second kappa shape index (κ2) is 6.58. The number of fused-ring (bicyclic) bond motifs is 1. The minimum Gasteiger partial charge on any atom is -0.382 e. The summed E-state index contributed by atoms with van der Waals surface area (Å²) in [6.07, 6.45) is 0.484. The van der Waals surface area contributed by atoms with Crippen molar-refractivity contribution in [1.29, 1.82) is 0 Å². The number of nitrogens with zero attached hydrogens (tertiary/aromatic N) is 1. The third-order valence-electron chi connectivity index (χ3n) is 3.44. The van der Waals surface area contributed by atoms with Gasteiger partial charge in [0.05, 0.1) is 17.1 Å². The van der Waals surface area contributed by atoms with Crippen LogP contribution in [0.15, 0.2) is 42.5 Å². The Kier molecular flexibility index (Phi) is 4.34. The van der Waals surface area contributed by atoms with Crippen LogP contribution in [0.1, 0.15) is 0 Å². The predicted molar refractivity (Wildman–Crippen MR) is 92.4 cm³/mol. The summed E-state index contributed by atoms with van der Waals surface area (Å²) in [4.78, 5) is 24.7. The monoisotopic (exact) mass is 330 g/mol. The van der Waals surface area contributed by atoms with Crippen molar-refractivity contribution in [1.82, 2.24) is 0 Å². The number of benzene rings is 2. The maximum absolute atomic E-state index is 12.3. The Balaban J connectivity index is 1.81. The molecule has 0 saturated heterocycles. The Labute approximate surface area is 138 Å². The number of halogens is 1. The maximum atomic E-state index is 12.3. The summed E-state index contributed by atoms with van der Waals surface area (Å²) in [6.45, 7) is 1.62. The van der Waals surface area contributed by atoms with Crippen molar-refractivity contribution >= 4 is 46.8 Å². The van der Waals surface area contributed by atoms with Crippen LogP contribution in [-0.2, 0) is 4.79 Å². The molecule has 0 aliphatic carbocycles. The number of hydrogen-bond donors (Lipinski definition) is 3. The van der Waals surface area contributed by atoms with Gasteiger partial charge in [-0.3, -0.25) is 4.79 Å². The molecule has 2 aromatic rings. The normalized spacial score (nSPS) is 12.4. The Bertz CT molecular complexity index is 751. The maximum Gasteiger partial charge on any atom is 0.332 e. The van der Waals surface area contributed by atoms with Gasteiger partial charge in [0.1, 0.15) is 0 Å². The number of carbonyl (C=O) groups excluding carboxylic acids is 2. The fourth-order valence-corrected chi connectivity index (χ4v) is 2.54. The van der Waals surface area contributed by atoms with Crippen LogP contribution in [0.4, 0.5) is 27.5 Å². The van der Waals surface area contributed by atoms with Gasteiger partial charge in [0, 0.05) is 23.8 Å². The third-order valence-corrected chi connectivity index (χ3v) is 3.67. The van der Waals surface area contributed by atoms with Gasteiger partial charge in [-0.15, -0.1) is 0 Å². The van der Waals surface area contributed by atoms with Gasteiger partial charge in [-0.05, 0) is 36.4 Å². The molecule has 0 atom stereocenters. The van der Waals surface area contributed by atoms with E-state index in [-0.39, 0.29) is 0 Å². The van der Waals surface area contributed by atoms with Gasteiger partial charge >= 0.3 is 6.03 Å². The molecule has 0 fully saturated rings. The van der Waals surface area contributed by atoms with Crippen molar-refractivity contribution in [3.63, 3.8) is 0 Å². The lowest BCUT2D eigenvalue weighted by atomic mass is 10.2. The van der Waals surface area contributed by atoms with Crippen molar-refractivity contribution < 1.29 is 9.59 Å². The lowest BCUT2D eigenvalue weighted by Crippen LogP contribution is -2.34. The standard InChI is InChI=1S/C16H15ClN4O2/c17-11-2-1-3-12(8-11)20-16(23)21(10-22)13-4-5-14-15(9-13)19-7-6-18-14/h1-5,8-10,18-19H,6-7H2,(H,20,23). The van der Waals surface area contributed by atoms with Crippen LogP contribution in [0.3, 0.4) is 0 Å². The smallest absolute Gasteiger partial charge is 0.332 e. The quantitative estimate of drug-likeness (QED) is 0.754. The van der Waals surface area contributed by atoms with Crippen molar-refractivity contribution in [2.45, 2.75) is 0 Å². The van der Waals surface area contributed by atoms with Gasteiger partial charge < -0.3 is 16.0 Å². The molecule has 3 N–H and O–H groups in total. The highest BCUT2D eigenvalue weighted by Crippen LogP contribution is 2.29. The van der Waals surface area contributed by atoms with Crippen LogP contribution >= 0.6 is 11.6 Å². The molecule has 3 rings (SSSR count). The van der Waals surface area contributed by atoms with E-state index < -0.39 is 6.03 Å². The molecule has 2 aromatic carbocycles. The summed E-state index contributed by atoms with van der Waals surface area (Å²) >= 11 is 5.89. The predicted octanol–water partition coefficient (Wildman–Crippen LogP) is 3.37. The molecule has 0 spiro atoms. The van der Waals surface area contributed by atoms with E-state index in [0.717, 1.165) is 29.4 Å². The minimum absolute atomic E-state index is 0.481. The second-order valence-corrected chi connectivity index (χ2v) is 5.44. The molecule has 6 nitrogen and oxygen atoms in total. The number of carbonyl (C=O) groups is 2. The molecule has 0 unspecified atom stereocenters. The Morgan fingerprint density at radius 3 is 2.65 bits per heavy atom. The molecule has 1 aliphatic heterocycles. The average Bonchev–Trinajstić information content (AvgIpc) is 2.55. The van der Waals surface area contributed by atoms with Gasteiger partial charge in [-0.25, -0.2) is 9.69 Å². The molecule has 23 heavy (non-hydrogen) atoms. The lowest BCUT2D eigenvalue weighted by molar-refractivity contribution is -0.106. The lowest BCUT2D eigenvalue weighted by Gasteiger charge is -2.23. The highest BCUT2D eigenvalue weighted by Gasteiger charge is 2.17. The molecule has 0 radical (unpaired) electrons. The first-order chi connectivity index (χ1) is 11.2. The number of rotatable bonds is 3. The summed E-state index contributed by atoms with van der Waals surface area (Å²) < 4.78 is 0. The van der Waals surface area contributed by atoms with E-state index in [1.165, 1.54) is 0 Å². The number of nitrogens with one attached hydrogen (secondary N) is 3. The van der Waals surface area contributed by atoms with Gasteiger partial charge in [-0.1, -0.05) is 17.7 Å². The summed E-state index contributed by atoms with van der Waals surface area (Å²) in [5, 5.41) is 9.61. The number of amides is 3. The van der Waals surface area contributed by atoms with Crippen LogP contribution in [0.2, 0.25) is 5.02 Å². The van der Waals surface area contributed by atoms with E-state index >= 15 is 0 Å². The van der Waals surface area contributed by atoms with E-state index in [2.05, 4.69) is 16.0 Å².